The molecule has 2 fully saturated rings. The molecule has 1 N–H and O–H groups in total. The van der Waals surface area contributed by atoms with E-state index in [4.69, 9.17) is 0 Å². The lowest BCUT2D eigenvalue weighted by Gasteiger charge is -2.52. The minimum absolute atomic E-state index is 0.253. The van der Waals surface area contributed by atoms with Crippen molar-refractivity contribution >= 4 is 10.9 Å². The molecule has 1 aromatic carbocycles. The molecular formula is C25H31N3O. The second kappa shape index (κ2) is 7.26. The summed E-state index contributed by atoms with van der Waals surface area (Å²) in [6.07, 6.45) is 7.52. The Morgan fingerprint density at radius 2 is 1.79 bits per heavy atom. The number of likely N-dealkylation sites (tertiary alicyclic amines) is 1. The highest BCUT2D eigenvalue weighted by atomic mass is 16.3. The Balaban J connectivity index is 1.44. The number of benzene rings is 1. The molecule has 1 saturated carbocycles. The Morgan fingerprint density at radius 1 is 1.07 bits per heavy atom. The monoisotopic (exact) mass is 389 g/mol. The Kier molecular flexibility index (Phi) is 4.72. The van der Waals surface area contributed by atoms with Gasteiger partial charge in [0.2, 0.25) is 0 Å². The van der Waals surface area contributed by atoms with E-state index in [0.29, 0.717) is 6.04 Å². The summed E-state index contributed by atoms with van der Waals surface area (Å²) < 4.78 is 2.39. The molecule has 0 spiro atoms. The summed E-state index contributed by atoms with van der Waals surface area (Å²) in [5.74, 6) is 0.506. The number of aromatic nitrogens is 2. The third-order valence-corrected chi connectivity index (χ3v) is 7.16. The minimum atomic E-state index is -0.776. The van der Waals surface area contributed by atoms with Crippen molar-refractivity contribution < 1.29 is 5.11 Å². The Labute approximate surface area is 173 Å². The second-order valence-corrected chi connectivity index (χ2v) is 9.23. The van der Waals surface area contributed by atoms with E-state index in [1.165, 1.54) is 22.9 Å². The van der Waals surface area contributed by atoms with Crippen molar-refractivity contribution in [3.05, 3.63) is 66.1 Å². The van der Waals surface area contributed by atoms with Gasteiger partial charge in [0.15, 0.2) is 0 Å². The largest absolute Gasteiger partial charge is 0.383 e. The number of para-hydroxylation sites is 1. The van der Waals surface area contributed by atoms with Gasteiger partial charge < -0.3 is 9.67 Å². The summed E-state index contributed by atoms with van der Waals surface area (Å²) in [5.41, 5.74) is 2.81. The fraction of sp³-hybridized carbons (Fsp3) is 0.480. The van der Waals surface area contributed by atoms with E-state index in [9.17, 15) is 5.11 Å². The van der Waals surface area contributed by atoms with E-state index in [1.807, 2.05) is 24.4 Å². The third-order valence-electron chi connectivity index (χ3n) is 7.16. The summed E-state index contributed by atoms with van der Waals surface area (Å²) in [5, 5.41) is 13.1. The number of hydrogen-bond donors (Lipinski definition) is 1. The topological polar surface area (TPSA) is 41.3 Å². The van der Waals surface area contributed by atoms with Crippen LogP contribution in [0.2, 0.25) is 0 Å². The van der Waals surface area contributed by atoms with Gasteiger partial charge in [-0.3, -0.25) is 9.88 Å². The molecule has 4 nitrogen and oxygen atoms in total. The van der Waals surface area contributed by atoms with Crippen LogP contribution in [0.5, 0.6) is 0 Å². The molecule has 1 aliphatic carbocycles. The molecule has 0 amide bonds. The number of hydrogen-bond acceptors (Lipinski definition) is 3. The molecule has 1 aliphatic heterocycles. The highest BCUT2D eigenvalue weighted by Gasteiger charge is 2.52. The van der Waals surface area contributed by atoms with Crippen LogP contribution in [0, 0.1) is 11.8 Å². The van der Waals surface area contributed by atoms with E-state index in [0.717, 1.165) is 38.2 Å². The van der Waals surface area contributed by atoms with Gasteiger partial charge in [-0.25, -0.2) is 0 Å². The molecule has 2 aliphatic rings. The summed E-state index contributed by atoms with van der Waals surface area (Å²) in [7, 11) is 0. The van der Waals surface area contributed by atoms with Crippen molar-refractivity contribution in [3.63, 3.8) is 0 Å². The molecule has 0 radical (unpaired) electrons. The number of pyridine rings is 1. The van der Waals surface area contributed by atoms with Crippen molar-refractivity contribution in [2.75, 3.05) is 13.1 Å². The fourth-order valence-electron chi connectivity index (χ4n) is 5.76. The molecule has 3 heterocycles. The van der Waals surface area contributed by atoms with Crippen LogP contribution in [0.25, 0.3) is 10.9 Å². The first-order valence-corrected chi connectivity index (χ1v) is 11.0. The van der Waals surface area contributed by atoms with Crippen LogP contribution in [0.4, 0.5) is 0 Å². The molecule has 1 saturated heterocycles. The van der Waals surface area contributed by atoms with Crippen LogP contribution >= 0.6 is 0 Å². The molecule has 5 rings (SSSR count). The van der Waals surface area contributed by atoms with E-state index < -0.39 is 5.60 Å². The number of aliphatic hydroxyl groups is 1. The lowest BCUT2D eigenvalue weighted by molar-refractivity contribution is -0.151. The first kappa shape index (κ1) is 18.8. The average Bonchev–Trinajstić information content (AvgIpc) is 3.08. The van der Waals surface area contributed by atoms with E-state index in [1.54, 1.807) is 0 Å². The van der Waals surface area contributed by atoms with E-state index in [2.05, 4.69) is 58.8 Å². The molecule has 1 unspecified atom stereocenters. The van der Waals surface area contributed by atoms with Crippen molar-refractivity contribution in [3.8, 4) is 0 Å². The predicted molar refractivity (Wildman–Crippen MR) is 117 cm³/mol. The van der Waals surface area contributed by atoms with Gasteiger partial charge in [0, 0.05) is 60.8 Å². The molecule has 4 heteroatoms. The molecule has 3 atom stereocenters. The quantitative estimate of drug-likeness (QED) is 0.701. The average molecular weight is 390 g/mol. The van der Waals surface area contributed by atoms with Crippen LogP contribution in [0.3, 0.4) is 0 Å². The van der Waals surface area contributed by atoms with Gasteiger partial charge in [-0.15, -0.1) is 0 Å². The number of fused-ring (bicyclic) bond motifs is 3. The Morgan fingerprint density at radius 3 is 2.48 bits per heavy atom. The fourth-order valence-corrected chi connectivity index (χ4v) is 5.76. The summed E-state index contributed by atoms with van der Waals surface area (Å²) in [6.45, 7) is 7.31. The number of rotatable bonds is 4. The van der Waals surface area contributed by atoms with Crippen molar-refractivity contribution in [2.24, 2.45) is 11.8 Å². The Hall–Kier alpha value is -2.17. The van der Waals surface area contributed by atoms with Crippen LogP contribution in [0.15, 0.2) is 54.9 Å². The van der Waals surface area contributed by atoms with Crippen LogP contribution in [-0.4, -0.2) is 32.6 Å². The summed E-state index contributed by atoms with van der Waals surface area (Å²) in [6, 6.07) is 15.1. The standard InChI is InChI=1S/C25H31N3O/c1-18(2)28-15-19(22-10-3-4-11-23(22)28)14-27-16-20-8-7-9-21(17-27)25(20,29)24-12-5-6-13-26-24/h3-6,10-13,15,18,20-21,29H,7-9,14,16-17H2,1-2H3/t20-,21+,25?. The van der Waals surface area contributed by atoms with Crippen molar-refractivity contribution in [1.29, 1.82) is 0 Å². The number of piperidine rings is 1. The zero-order valence-corrected chi connectivity index (χ0v) is 17.5. The van der Waals surface area contributed by atoms with Gasteiger partial charge in [-0.2, -0.15) is 0 Å². The lowest BCUT2D eigenvalue weighted by atomic mass is 9.64. The van der Waals surface area contributed by atoms with Crippen molar-refractivity contribution in [2.45, 2.75) is 51.3 Å². The first-order valence-electron chi connectivity index (χ1n) is 11.0. The smallest absolute Gasteiger partial charge is 0.114 e. The second-order valence-electron chi connectivity index (χ2n) is 9.23. The van der Waals surface area contributed by atoms with Crippen LogP contribution in [0.1, 0.15) is 50.4 Å². The highest BCUT2D eigenvalue weighted by molar-refractivity contribution is 5.84. The normalized spacial score (nSPS) is 27.6. The Bertz CT molecular complexity index is 980. The molecule has 152 valence electrons. The third kappa shape index (κ3) is 3.10. The highest BCUT2D eigenvalue weighted by Crippen LogP contribution is 2.48. The summed E-state index contributed by atoms with van der Waals surface area (Å²) in [4.78, 5) is 7.13. The van der Waals surface area contributed by atoms with Crippen LogP contribution in [-0.2, 0) is 12.1 Å². The van der Waals surface area contributed by atoms with Gasteiger partial charge in [0.25, 0.3) is 0 Å². The minimum Gasteiger partial charge on any atom is -0.383 e. The molecule has 2 bridgehead atoms. The van der Waals surface area contributed by atoms with Gasteiger partial charge in [0.05, 0.1) is 5.69 Å². The predicted octanol–water partition coefficient (Wildman–Crippen LogP) is 4.74. The van der Waals surface area contributed by atoms with Gasteiger partial charge >= 0.3 is 0 Å². The van der Waals surface area contributed by atoms with Gasteiger partial charge in [0.1, 0.15) is 5.60 Å². The lowest BCUT2D eigenvalue weighted by Crippen LogP contribution is -2.58. The zero-order chi connectivity index (χ0) is 20.0. The maximum absolute atomic E-state index is 11.8. The first-order chi connectivity index (χ1) is 14.1. The molecular weight excluding hydrogens is 358 g/mol. The van der Waals surface area contributed by atoms with Gasteiger partial charge in [-0.05, 0) is 50.5 Å². The van der Waals surface area contributed by atoms with Crippen molar-refractivity contribution in [1.82, 2.24) is 14.5 Å². The van der Waals surface area contributed by atoms with Gasteiger partial charge in [-0.1, -0.05) is 30.7 Å². The molecule has 3 aromatic rings. The van der Waals surface area contributed by atoms with E-state index in [-0.39, 0.29) is 11.8 Å². The number of nitrogens with zero attached hydrogens (tertiary/aromatic N) is 3. The molecule has 2 aromatic heterocycles. The molecule has 29 heavy (non-hydrogen) atoms. The summed E-state index contributed by atoms with van der Waals surface area (Å²) >= 11 is 0. The maximum Gasteiger partial charge on any atom is 0.114 e. The SMILES string of the molecule is CC(C)n1cc(CN2C[C@H]3CCC[C@@H](C2)C3(O)c2ccccn2)c2ccccc21. The van der Waals surface area contributed by atoms with Crippen LogP contribution < -0.4 is 0 Å². The maximum atomic E-state index is 11.8. The van der Waals surface area contributed by atoms with E-state index >= 15 is 0 Å². The zero-order valence-electron chi connectivity index (χ0n) is 17.5.